The molecule has 1 aliphatic heterocycles. The molecule has 0 aliphatic carbocycles. The first-order valence-corrected chi connectivity index (χ1v) is 15.2. The fourth-order valence-electron chi connectivity index (χ4n) is 6.55. The maximum atomic E-state index is 6.65. The second-order valence-electron chi connectivity index (χ2n) is 11.4. The first kappa shape index (κ1) is 25.5. The minimum atomic E-state index is -0.242. The highest BCUT2D eigenvalue weighted by atomic mass is 16.3. The van der Waals surface area contributed by atoms with Crippen molar-refractivity contribution in [1.82, 2.24) is 5.32 Å². The van der Waals surface area contributed by atoms with Crippen molar-refractivity contribution in [3.8, 4) is 11.1 Å². The van der Waals surface area contributed by atoms with Crippen LogP contribution in [0.15, 0.2) is 166 Å². The zero-order valence-electron chi connectivity index (χ0n) is 24.3. The van der Waals surface area contributed by atoms with Crippen LogP contribution in [-0.2, 0) is 0 Å². The van der Waals surface area contributed by atoms with Gasteiger partial charge in [0, 0.05) is 27.3 Å². The molecule has 0 saturated carbocycles. The third-order valence-corrected chi connectivity index (χ3v) is 8.71. The Morgan fingerprint density at radius 3 is 1.91 bits per heavy atom. The van der Waals surface area contributed by atoms with Gasteiger partial charge in [0.05, 0.1) is 0 Å². The number of nitrogens with zero attached hydrogens (tertiary/aromatic N) is 2. The van der Waals surface area contributed by atoms with E-state index in [4.69, 9.17) is 14.4 Å². The van der Waals surface area contributed by atoms with E-state index in [1.807, 2.05) is 36.4 Å². The highest BCUT2D eigenvalue weighted by Crippen LogP contribution is 2.41. The molecule has 4 nitrogen and oxygen atoms in total. The Morgan fingerprint density at radius 1 is 0.489 bits per heavy atom. The van der Waals surface area contributed by atoms with Gasteiger partial charge in [0.2, 0.25) is 0 Å². The number of aliphatic imine (C=N–C) groups is 2. The van der Waals surface area contributed by atoms with E-state index in [9.17, 15) is 0 Å². The molecular formula is C41H27N3O. The number of fused-ring (bicyclic) bond motifs is 8. The number of rotatable bonds is 4. The van der Waals surface area contributed by atoms with Crippen molar-refractivity contribution in [3.63, 3.8) is 0 Å². The predicted molar refractivity (Wildman–Crippen MR) is 186 cm³/mol. The zero-order chi connectivity index (χ0) is 29.7. The molecule has 1 aromatic heterocycles. The van der Waals surface area contributed by atoms with Crippen molar-refractivity contribution in [1.29, 1.82) is 0 Å². The van der Waals surface area contributed by atoms with E-state index in [-0.39, 0.29) is 6.17 Å². The largest absolute Gasteiger partial charge is 0.455 e. The van der Waals surface area contributed by atoms with Gasteiger partial charge in [-0.15, -0.1) is 0 Å². The highest BCUT2D eigenvalue weighted by Gasteiger charge is 2.21. The average molecular weight is 578 g/mol. The Morgan fingerprint density at radius 2 is 1.11 bits per heavy atom. The summed E-state index contributed by atoms with van der Waals surface area (Å²) in [5.41, 5.74) is 7.05. The standard InChI is InChI=1S/C41H27N3O/c1-3-12-26(13-4-1)39-42-40(27-14-5-2-6-15-27)44-41(43-39)30-17-11-16-28(24-30)29-22-23-35-36(25-29)45-38-34-21-10-8-19-32(34)31-18-7-9-20-33(31)37(35)38/h1-25,39H,(H,42,43,44). The number of nitrogens with one attached hydrogen (secondary N) is 1. The van der Waals surface area contributed by atoms with Crippen LogP contribution in [0.3, 0.4) is 0 Å². The van der Waals surface area contributed by atoms with E-state index in [1.54, 1.807) is 0 Å². The molecule has 1 atom stereocenters. The monoisotopic (exact) mass is 577 g/mol. The van der Waals surface area contributed by atoms with Crippen LogP contribution in [0, 0.1) is 0 Å². The minimum absolute atomic E-state index is 0.242. The van der Waals surface area contributed by atoms with Gasteiger partial charge in [-0.05, 0) is 51.0 Å². The van der Waals surface area contributed by atoms with E-state index in [2.05, 4.69) is 121 Å². The molecular weight excluding hydrogens is 550 g/mol. The van der Waals surface area contributed by atoms with E-state index in [0.29, 0.717) is 5.84 Å². The molecule has 1 unspecified atom stereocenters. The Labute approximate surface area is 260 Å². The van der Waals surface area contributed by atoms with Gasteiger partial charge < -0.3 is 9.73 Å². The van der Waals surface area contributed by atoms with Gasteiger partial charge in [-0.1, -0.05) is 133 Å². The normalized spacial score (nSPS) is 14.9. The van der Waals surface area contributed by atoms with Gasteiger partial charge in [-0.3, -0.25) is 0 Å². The molecule has 45 heavy (non-hydrogen) atoms. The molecule has 0 saturated heterocycles. The second-order valence-corrected chi connectivity index (χ2v) is 11.4. The van der Waals surface area contributed by atoms with E-state index in [1.165, 1.54) is 21.5 Å². The van der Waals surface area contributed by atoms with Crippen LogP contribution in [0.1, 0.15) is 22.9 Å². The summed E-state index contributed by atoms with van der Waals surface area (Å²) in [5, 5.41) is 10.6. The minimum Gasteiger partial charge on any atom is -0.455 e. The number of benzene rings is 7. The summed E-state index contributed by atoms with van der Waals surface area (Å²) in [6, 6.07) is 52.7. The molecule has 0 fully saturated rings. The SMILES string of the molecule is c1ccc(C2=NC(c3cccc(-c4ccc5c(c4)oc4c6ccccc6c6ccccc6c54)c3)=NC(c3ccccc3)N2)cc1. The fraction of sp³-hybridized carbons (Fsp3) is 0.0244. The van der Waals surface area contributed by atoms with Crippen molar-refractivity contribution in [2.45, 2.75) is 6.17 Å². The lowest BCUT2D eigenvalue weighted by Gasteiger charge is -2.23. The van der Waals surface area contributed by atoms with Gasteiger partial charge >= 0.3 is 0 Å². The zero-order valence-corrected chi connectivity index (χ0v) is 24.3. The molecule has 4 heteroatoms. The summed E-state index contributed by atoms with van der Waals surface area (Å²) in [5.74, 6) is 1.51. The number of hydrogen-bond donors (Lipinski definition) is 1. The van der Waals surface area contributed by atoms with Gasteiger partial charge in [0.25, 0.3) is 0 Å². The average Bonchev–Trinajstić information content (AvgIpc) is 3.52. The maximum absolute atomic E-state index is 6.65. The van der Waals surface area contributed by atoms with Gasteiger partial charge in [-0.25, -0.2) is 9.98 Å². The topological polar surface area (TPSA) is 49.9 Å². The van der Waals surface area contributed by atoms with Crippen molar-refractivity contribution in [2.75, 3.05) is 0 Å². The van der Waals surface area contributed by atoms with Crippen molar-refractivity contribution < 1.29 is 4.42 Å². The summed E-state index contributed by atoms with van der Waals surface area (Å²) in [6.07, 6.45) is -0.242. The molecule has 1 N–H and O–H groups in total. The maximum Gasteiger partial charge on any atom is 0.159 e. The molecule has 8 aromatic rings. The summed E-state index contributed by atoms with van der Waals surface area (Å²) >= 11 is 0. The molecule has 212 valence electrons. The first-order valence-electron chi connectivity index (χ1n) is 15.2. The second kappa shape index (κ2) is 10.3. The van der Waals surface area contributed by atoms with E-state index in [0.717, 1.165) is 55.6 Å². The van der Waals surface area contributed by atoms with Gasteiger partial charge in [-0.2, -0.15) is 0 Å². The third kappa shape index (κ3) is 4.30. The third-order valence-electron chi connectivity index (χ3n) is 8.71. The van der Waals surface area contributed by atoms with Crippen molar-refractivity contribution in [2.24, 2.45) is 9.98 Å². The van der Waals surface area contributed by atoms with Crippen molar-refractivity contribution in [3.05, 3.63) is 168 Å². The lowest BCUT2D eigenvalue weighted by molar-refractivity contribution is 0.673. The highest BCUT2D eigenvalue weighted by molar-refractivity contribution is 6.30. The molecule has 9 rings (SSSR count). The first-order chi connectivity index (χ1) is 22.3. The quantitative estimate of drug-likeness (QED) is 0.212. The molecule has 2 heterocycles. The molecule has 1 aliphatic rings. The Kier molecular flexibility index (Phi) is 5.85. The number of hydrogen-bond acceptors (Lipinski definition) is 4. The number of furan rings is 1. The predicted octanol–water partition coefficient (Wildman–Crippen LogP) is 10.1. The van der Waals surface area contributed by atoms with Crippen LogP contribution in [0.25, 0.3) is 54.6 Å². The van der Waals surface area contributed by atoms with Gasteiger partial charge in [0.15, 0.2) is 5.84 Å². The Bertz CT molecular complexity index is 2460. The summed E-state index contributed by atoms with van der Waals surface area (Å²) in [4.78, 5) is 10.1. The lowest BCUT2D eigenvalue weighted by Crippen LogP contribution is -2.33. The van der Waals surface area contributed by atoms with Crippen LogP contribution in [0.5, 0.6) is 0 Å². The van der Waals surface area contributed by atoms with E-state index >= 15 is 0 Å². The van der Waals surface area contributed by atoms with Crippen LogP contribution in [0.2, 0.25) is 0 Å². The molecule has 0 amide bonds. The lowest BCUT2D eigenvalue weighted by atomic mass is 9.96. The Hall–Kier alpha value is -6.00. The summed E-state index contributed by atoms with van der Waals surface area (Å²) in [7, 11) is 0. The molecule has 0 radical (unpaired) electrons. The molecule has 7 aromatic carbocycles. The molecule has 0 bridgehead atoms. The summed E-state index contributed by atoms with van der Waals surface area (Å²) < 4.78 is 6.65. The number of amidine groups is 2. The van der Waals surface area contributed by atoms with Crippen LogP contribution >= 0.6 is 0 Å². The fourth-order valence-corrected chi connectivity index (χ4v) is 6.55. The molecule has 0 spiro atoms. The van der Waals surface area contributed by atoms with Crippen molar-refractivity contribution >= 4 is 55.2 Å². The van der Waals surface area contributed by atoms with Crippen LogP contribution in [0.4, 0.5) is 0 Å². The summed E-state index contributed by atoms with van der Waals surface area (Å²) in [6.45, 7) is 0. The smallest absolute Gasteiger partial charge is 0.159 e. The van der Waals surface area contributed by atoms with Crippen LogP contribution in [-0.4, -0.2) is 11.7 Å². The van der Waals surface area contributed by atoms with E-state index < -0.39 is 0 Å². The Balaban J connectivity index is 1.17. The van der Waals surface area contributed by atoms with Crippen LogP contribution < -0.4 is 5.32 Å². The van der Waals surface area contributed by atoms with Gasteiger partial charge in [0.1, 0.15) is 23.2 Å².